The average Bonchev–Trinajstić information content (AvgIpc) is 2.78. The minimum absolute atomic E-state index is 0.0422. The fraction of sp³-hybridized carbons (Fsp3) is 0.200. The van der Waals surface area contributed by atoms with Crippen LogP contribution in [-0.2, 0) is 22.7 Å². The number of nitrogens with one attached hydrogen (secondary N) is 4. The van der Waals surface area contributed by atoms with Gasteiger partial charge < -0.3 is 20.8 Å². The van der Waals surface area contributed by atoms with Crippen LogP contribution in [0.1, 0.15) is 22.3 Å². The molecule has 13 heteroatoms. The summed E-state index contributed by atoms with van der Waals surface area (Å²) in [5.74, 6) is -2.03. The normalized spacial score (nSPS) is 12.9. The summed E-state index contributed by atoms with van der Waals surface area (Å²) in [5.41, 5.74) is 7.55. The summed E-state index contributed by atoms with van der Waals surface area (Å²) in [6, 6.07) is 9.01. The monoisotopic (exact) mass is 478 g/mol. The standard InChI is InChI=1S/C20H20F2N6O4S/c21-15-3-11(7-23-9-17(29)30)1-13(5-15)19-25-27-20(28-26-19)14-2-12(4-16(6-14)33-22)8-24-10-18(31)32/h1-6,23-24H,7-10H2,(H,25,26)(H,27,28)(H,29,30)(H,31,32). The van der Waals surface area contributed by atoms with Crippen LogP contribution in [0.5, 0.6) is 0 Å². The topological polar surface area (TPSA) is 147 Å². The third-order valence-corrected chi connectivity index (χ3v) is 4.73. The number of benzene rings is 2. The quantitative estimate of drug-likeness (QED) is 0.282. The molecule has 2 aromatic carbocycles. The maximum Gasteiger partial charge on any atom is 0.317 e. The maximum absolute atomic E-state index is 14.0. The molecule has 1 heterocycles. The maximum atomic E-state index is 14.0. The van der Waals surface area contributed by atoms with Gasteiger partial charge in [-0.05, 0) is 47.5 Å². The number of carboxylic acids is 2. The van der Waals surface area contributed by atoms with E-state index in [1.54, 1.807) is 24.3 Å². The molecular formula is C20H20F2N6O4S. The van der Waals surface area contributed by atoms with E-state index >= 15 is 0 Å². The van der Waals surface area contributed by atoms with Gasteiger partial charge in [-0.3, -0.25) is 20.4 Å². The van der Waals surface area contributed by atoms with E-state index in [1.807, 2.05) is 0 Å². The van der Waals surface area contributed by atoms with Crippen molar-refractivity contribution >= 4 is 35.8 Å². The molecule has 0 unspecified atom stereocenters. The van der Waals surface area contributed by atoms with E-state index in [2.05, 4.69) is 31.7 Å². The Bertz CT molecular complexity index is 1110. The van der Waals surface area contributed by atoms with Gasteiger partial charge in [-0.1, -0.05) is 0 Å². The molecule has 10 nitrogen and oxygen atoms in total. The minimum Gasteiger partial charge on any atom is -0.480 e. The van der Waals surface area contributed by atoms with Gasteiger partial charge >= 0.3 is 11.9 Å². The molecule has 2 aromatic rings. The fourth-order valence-corrected chi connectivity index (χ4v) is 3.35. The summed E-state index contributed by atoms with van der Waals surface area (Å²) in [4.78, 5) is 21.6. The largest absolute Gasteiger partial charge is 0.480 e. The van der Waals surface area contributed by atoms with Gasteiger partial charge in [0, 0.05) is 29.1 Å². The molecule has 0 aromatic heterocycles. The molecule has 3 rings (SSSR count). The molecule has 6 N–H and O–H groups in total. The predicted octanol–water partition coefficient (Wildman–Crippen LogP) is 1.37. The highest BCUT2D eigenvalue weighted by atomic mass is 32.2. The average molecular weight is 478 g/mol. The predicted molar refractivity (Wildman–Crippen MR) is 118 cm³/mol. The number of halogens is 2. The van der Waals surface area contributed by atoms with Gasteiger partial charge in [0.1, 0.15) is 5.82 Å². The van der Waals surface area contributed by atoms with Crippen LogP contribution in [0.3, 0.4) is 0 Å². The van der Waals surface area contributed by atoms with E-state index in [-0.39, 0.29) is 50.0 Å². The van der Waals surface area contributed by atoms with Crippen molar-refractivity contribution in [3.63, 3.8) is 0 Å². The van der Waals surface area contributed by atoms with Crippen molar-refractivity contribution in [1.29, 1.82) is 0 Å². The van der Waals surface area contributed by atoms with E-state index < -0.39 is 17.8 Å². The Kier molecular flexibility index (Phi) is 8.29. The molecular weight excluding hydrogens is 458 g/mol. The Morgan fingerprint density at radius 1 is 0.848 bits per heavy atom. The third-order valence-electron chi connectivity index (χ3n) is 4.32. The van der Waals surface area contributed by atoms with E-state index in [9.17, 15) is 17.9 Å². The zero-order valence-corrected chi connectivity index (χ0v) is 17.9. The molecule has 0 amide bonds. The number of carboxylic acid groups (broad SMARTS) is 2. The molecule has 1 aliphatic rings. The third kappa shape index (κ3) is 7.24. The second-order valence-electron chi connectivity index (χ2n) is 6.93. The molecule has 0 fully saturated rings. The number of carbonyl (C=O) groups is 2. The van der Waals surface area contributed by atoms with Crippen molar-refractivity contribution in [1.82, 2.24) is 21.5 Å². The van der Waals surface area contributed by atoms with Crippen LogP contribution in [0, 0.1) is 5.82 Å². The summed E-state index contributed by atoms with van der Waals surface area (Å²) < 4.78 is 27.2. The second kappa shape index (κ2) is 11.4. The van der Waals surface area contributed by atoms with Crippen molar-refractivity contribution in [2.45, 2.75) is 18.0 Å². The van der Waals surface area contributed by atoms with Gasteiger partial charge in [0.05, 0.1) is 25.2 Å². The Morgan fingerprint density at radius 3 is 1.85 bits per heavy atom. The summed E-state index contributed by atoms with van der Waals surface area (Å²) in [6.07, 6.45) is 0. The Hall–Kier alpha value is -3.55. The molecule has 1 aliphatic heterocycles. The lowest BCUT2D eigenvalue weighted by molar-refractivity contribution is -0.137. The number of hydrogen-bond acceptors (Lipinski definition) is 9. The molecule has 0 atom stereocenters. The Labute approximate surface area is 191 Å². The molecule has 0 saturated heterocycles. The van der Waals surface area contributed by atoms with Crippen molar-refractivity contribution in [2.24, 2.45) is 10.2 Å². The lowest BCUT2D eigenvalue weighted by Gasteiger charge is -2.17. The van der Waals surface area contributed by atoms with Crippen LogP contribution in [0.2, 0.25) is 0 Å². The van der Waals surface area contributed by atoms with Gasteiger partial charge in [0.25, 0.3) is 0 Å². The van der Waals surface area contributed by atoms with Gasteiger partial charge in [-0.2, -0.15) is 14.1 Å². The zero-order chi connectivity index (χ0) is 23.8. The Balaban J connectivity index is 1.72. The lowest BCUT2D eigenvalue weighted by Crippen LogP contribution is -2.35. The number of hydrogen-bond donors (Lipinski definition) is 6. The number of aliphatic carboxylic acids is 2. The molecule has 0 aliphatic carbocycles. The smallest absolute Gasteiger partial charge is 0.317 e. The fourth-order valence-electron chi connectivity index (χ4n) is 2.99. The van der Waals surface area contributed by atoms with E-state index in [0.717, 1.165) is 0 Å². The van der Waals surface area contributed by atoms with Crippen molar-refractivity contribution in [3.8, 4) is 0 Å². The lowest BCUT2D eigenvalue weighted by atomic mass is 10.1. The summed E-state index contributed by atoms with van der Waals surface area (Å²) >= 11 is 0.0422. The number of nitrogens with zero attached hydrogens (tertiary/aromatic N) is 2. The molecule has 33 heavy (non-hydrogen) atoms. The molecule has 0 radical (unpaired) electrons. The van der Waals surface area contributed by atoms with Gasteiger partial charge in [0.15, 0.2) is 11.7 Å². The van der Waals surface area contributed by atoms with Gasteiger partial charge in [0.2, 0.25) is 0 Å². The van der Waals surface area contributed by atoms with Crippen LogP contribution in [0.4, 0.5) is 8.28 Å². The summed E-state index contributed by atoms with van der Waals surface area (Å²) in [6.45, 7) is -0.133. The first-order valence-electron chi connectivity index (χ1n) is 9.59. The van der Waals surface area contributed by atoms with Gasteiger partial charge in [-0.15, -0.1) is 0 Å². The highest BCUT2D eigenvalue weighted by molar-refractivity contribution is 7.94. The van der Waals surface area contributed by atoms with Crippen LogP contribution >= 0.6 is 12.1 Å². The number of amidine groups is 2. The second-order valence-corrected chi connectivity index (χ2v) is 7.56. The Morgan fingerprint density at radius 2 is 1.36 bits per heavy atom. The minimum atomic E-state index is -1.02. The highest BCUT2D eigenvalue weighted by Crippen LogP contribution is 2.23. The van der Waals surface area contributed by atoms with Crippen molar-refractivity contribution < 1.29 is 28.1 Å². The first kappa shape index (κ1) is 24.1. The van der Waals surface area contributed by atoms with Crippen LogP contribution in [-0.4, -0.2) is 46.9 Å². The first-order chi connectivity index (χ1) is 15.8. The van der Waals surface area contributed by atoms with E-state index in [1.165, 1.54) is 12.1 Å². The first-order valence-corrected chi connectivity index (χ1v) is 10.3. The zero-order valence-electron chi connectivity index (χ0n) is 17.1. The SMILES string of the molecule is O=C(O)CNCc1cc(F)cc(C2=NNC(c3cc(CNCC(=O)O)cc(SF)c3)=NN2)c1. The summed E-state index contributed by atoms with van der Waals surface area (Å²) in [5, 5.41) is 31.2. The van der Waals surface area contributed by atoms with Crippen molar-refractivity contribution in [2.75, 3.05) is 13.1 Å². The molecule has 174 valence electrons. The van der Waals surface area contributed by atoms with Crippen LogP contribution in [0.15, 0.2) is 51.5 Å². The van der Waals surface area contributed by atoms with Gasteiger partial charge in [-0.25, -0.2) is 4.39 Å². The molecule has 0 bridgehead atoms. The number of hydrazone groups is 2. The molecule has 0 spiro atoms. The number of rotatable bonds is 11. The van der Waals surface area contributed by atoms with E-state index in [0.29, 0.717) is 27.1 Å². The highest BCUT2D eigenvalue weighted by Gasteiger charge is 2.15. The van der Waals surface area contributed by atoms with Crippen molar-refractivity contribution in [3.05, 3.63) is 64.5 Å². The van der Waals surface area contributed by atoms with Crippen LogP contribution in [0.25, 0.3) is 0 Å². The van der Waals surface area contributed by atoms with Crippen LogP contribution < -0.4 is 21.5 Å². The molecule has 0 saturated carbocycles. The van der Waals surface area contributed by atoms with E-state index in [4.69, 9.17) is 10.2 Å². The summed E-state index contributed by atoms with van der Waals surface area (Å²) in [7, 11) is 0.